The summed E-state index contributed by atoms with van der Waals surface area (Å²) in [6.45, 7) is 0. The Balaban J connectivity index is 2.28. The van der Waals surface area contributed by atoms with E-state index >= 15 is 0 Å². The van der Waals surface area contributed by atoms with Crippen LogP contribution in [-0.4, -0.2) is 11.1 Å². The predicted molar refractivity (Wildman–Crippen MR) is 51.8 cm³/mol. The largest absolute Gasteiger partial charge is 0.261 e. The first kappa shape index (κ1) is 8.67. The fourth-order valence-corrected chi connectivity index (χ4v) is 1.29. The molecule has 0 aliphatic heterocycles. The average Bonchev–Trinajstić information content (AvgIpc) is 2.07. The maximum atomic E-state index is 4.24. The van der Waals surface area contributed by atoms with E-state index < -0.39 is 0 Å². The zero-order chi connectivity index (χ0) is 7.94. The minimum atomic E-state index is 1.12. The van der Waals surface area contributed by atoms with E-state index in [-0.39, 0.29) is 0 Å². The molecule has 0 aliphatic rings. The van der Waals surface area contributed by atoms with Crippen molar-refractivity contribution in [2.45, 2.75) is 19.3 Å². The van der Waals surface area contributed by atoms with Gasteiger partial charge in [-0.3, -0.25) is 4.98 Å². The van der Waals surface area contributed by atoms with Gasteiger partial charge >= 0.3 is 0 Å². The van der Waals surface area contributed by atoms with Crippen molar-refractivity contribution >= 4 is 9.24 Å². The molecule has 0 aromatic carbocycles. The van der Waals surface area contributed by atoms with Crippen LogP contribution in [0.15, 0.2) is 24.4 Å². The van der Waals surface area contributed by atoms with Crippen molar-refractivity contribution in [3.8, 4) is 0 Å². The standard InChI is InChI=1S/C9H14NP/c11-8-4-2-6-9-5-1-3-7-10-9/h1,3,5,7H,2,4,6,8,11H2. The van der Waals surface area contributed by atoms with Crippen molar-refractivity contribution in [2.75, 3.05) is 6.16 Å². The van der Waals surface area contributed by atoms with E-state index in [2.05, 4.69) is 20.3 Å². The van der Waals surface area contributed by atoms with E-state index in [1.54, 1.807) is 0 Å². The third kappa shape index (κ3) is 3.48. The van der Waals surface area contributed by atoms with E-state index in [1.165, 1.54) is 24.7 Å². The maximum absolute atomic E-state index is 4.24. The summed E-state index contributed by atoms with van der Waals surface area (Å²) in [4.78, 5) is 4.24. The molecule has 60 valence electrons. The molecule has 0 amide bonds. The lowest BCUT2D eigenvalue weighted by Crippen LogP contribution is -1.88. The van der Waals surface area contributed by atoms with Crippen molar-refractivity contribution in [1.29, 1.82) is 0 Å². The summed E-state index contributed by atoms with van der Waals surface area (Å²) in [6, 6.07) is 6.09. The summed E-state index contributed by atoms with van der Waals surface area (Å²) in [6.07, 6.45) is 6.71. The van der Waals surface area contributed by atoms with Crippen LogP contribution in [0, 0.1) is 0 Å². The first-order valence-electron chi connectivity index (χ1n) is 4.03. The molecule has 0 N–H and O–H groups in total. The van der Waals surface area contributed by atoms with Gasteiger partial charge in [-0.05, 0) is 37.6 Å². The first-order chi connectivity index (χ1) is 5.43. The van der Waals surface area contributed by atoms with Gasteiger partial charge in [0, 0.05) is 11.9 Å². The third-order valence-corrected chi connectivity index (χ3v) is 2.02. The molecule has 0 spiro atoms. The molecular weight excluding hydrogens is 153 g/mol. The van der Waals surface area contributed by atoms with Gasteiger partial charge in [-0.2, -0.15) is 0 Å². The zero-order valence-corrected chi connectivity index (χ0v) is 7.82. The minimum absolute atomic E-state index is 1.12. The van der Waals surface area contributed by atoms with Crippen molar-refractivity contribution in [3.63, 3.8) is 0 Å². The normalized spacial score (nSPS) is 9.91. The van der Waals surface area contributed by atoms with Gasteiger partial charge in [-0.25, -0.2) is 0 Å². The van der Waals surface area contributed by atoms with Crippen LogP contribution in [0.5, 0.6) is 0 Å². The summed E-state index contributed by atoms with van der Waals surface area (Å²) in [5.41, 5.74) is 1.21. The Bertz CT molecular complexity index is 186. The van der Waals surface area contributed by atoms with Crippen LogP contribution in [0.3, 0.4) is 0 Å². The number of pyridine rings is 1. The van der Waals surface area contributed by atoms with Crippen molar-refractivity contribution in [1.82, 2.24) is 4.98 Å². The summed E-state index contributed by atoms with van der Waals surface area (Å²) in [5.74, 6) is 0. The Morgan fingerprint density at radius 1 is 1.27 bits per heavy atom. The Hall–Kier alpha value is -0.420. The van der Waals surface area contributed by atoms with E-state index in [0.29, 0.717) is 0 Å². The molecule has 0 bridgehead atoms. The van der Waals surface area contributed by atoms with Crippen LogP contribution in [-0.2, 0) is 6.42 Å². The van der Waals surface area contributed by atoms with Gasteiger partial charge in [-0.15, -0.1) is 9.24 Å². The number of nitrogens with zero attached hydrogens (tertiary/aromatic N) is 1. The van der Waals surface area contributed by atoms with Crippen LogP contribution in [0.25, 0.3) is 0 Å². The number of aryl methyl sites for hydroxylation is 1. The van der Waals surface area contributed by atoms with Gasteiger partial charge in [0.05, 0.1) is 0 Å². The van der Waals surface area contributed by atoms with Crippen LogP contribution < -0.4 is 0 Å². The molecule has 0 saturated heterocycles. The van der Waals surface area contributed by atoms with Gasteiger partial charge in [0.25, 0.3) is 0 Å². The molecule has 1 aromatic heterocycles. The second-order valence-corrected chi connectivity index (χ2v) is 3.14. The maximum Gasteiger partial charge on any atom is 0.0403 e. The number of hydrogen-bond acceptors (Lipinski definition) is 1. The molecule has 0 aliphatic carbocycles. The van der Waals surface area contributed by atoms with E-state index in [0.717, 1.165) is 6.42 Å². The molecule has 0 saturated carbocycles. The third-order valence-electron chi connectivity index (χ3n) is 1.61. The number of hydrogen-bond donors (Lipinski definition) is 0. The highest BCUT2D eigenvalue weighted by Gasteiger charge is 1.90. The highest BCUT2D eigenvalue weighted by Crippen LogP contribution is 2.02. The molecule has 11 heavy (non-hydrogen) atoms. The van der Waals surface area contributed by atoms with Gasteiger partial charge in [0.15, 0.2) is 0 Å². The Morgan fingerprint density at radius 3 is 2.82 bits per heavy atom. The van der Waals surface area contributed by atoms with E-state index in [4.69, 9.17) is 0 Å². The summed E-state index contributed by atoms with van der Waals surface area (Å²) >= 11 is 0. The van der Waals surface area contributed by atoms with Crippen LogP contribution >= 0.6 is 9.24 Å². The first-order valence-corrected chi connectivity index (χ1v) is 4.85. The van der Waals surface area contributed by atoms with Crippen molar-refractivity contribution in [2.24, 2.45) is 0 Å². The lowest BCUT2D eigenvalue weighted by Gasteiger charge is -1.97. The van der Waals surface area contributed by atoms with Crippen LogP contribution in [0.1, 0.15) is 18.5 Å². The molecule has 0 radical (unpaired) electrons. The Labute approximate surface area is 70.4 Å². The van der Waals surface area contributed by atoms with Crippen LogP contribution in [0.4, 0.5) is 0 Å². The molecule has 1 rings (SSSR count). The number of rotatable bonds is 4. The fraction of sp³-hybridized carbons (Fsp3) is 0.444. The predicted octanol–water partition coefficient (Wildman–Crippen LogP) is 2.28. The van der Waals surface area contributed by atoms with Gasteiger partial charge in [0.1, 0.15) is 0 Å². The Kier molecular flexibility index (Phi) is 4.15. The van der Waals surface area contributed by atoms with Crippen molar-refractivity contribution < 1.29 is 0 Å². The molecular formula is C9H14NP. The topological polar surface area (TPSA) is 12.9 Å². The molecule has 2 heteroatoms. The van der Waals surface area contributed by atoms with Gasteiger partial charge in [-0.1, -0.05) is 6.07 Å². The monoisotopic (exact) mass is 167 g/mol. The summed E-state index contributed by atoms with van der Waals surface area (Å²) in [5, 5.41) is 0. The molecule has 1 aromatic rings. The summed E-state index contributed by atoms with van der Waals surface area (Å²) < 4.78 is 0. The number of unbranched alkanes of at least 4 members (excludes halogenated alkanes) is 1. The second-order valence-electron chi connectivity index (χ2n) is 2.57. The van der Waals surface area contributed by atoms with Crippen LogP contribution in [0.2, 0.25) is 0 Å². The highest BCUT2D eigenvalue weighted by atomic mass is 31.0. The zero-order valence-electron chi connectivity index (χ0n) is 6.66. The fourth-order valence-electron chi connectivity index (χ4n) is 0.996. The lowest BCUT2D eigenvalue weighted by atomic mass is 10.2. The van der Waals surface area contributed by atoms with E-state index in [9.17, 15) is 0 Å². The lowest BCUT2D eigenvalue weighted by molar-refractivity contribution is 0.783. The SMILES string of the molecule is PCCCCc1ccccn1. The quantitative estimate of drug-likeness (QED) is 0.495. The second kappa shape index (κ2) is 5.26. The average molecular weight is 167 g/mol. The molecule has 1 nitrogen and oxygen atoms in total. The molecule has 1 heterocycles. The highest BCUT2D eigenvalue weighted by molar-refractivity contribution is 7.16. The van der Waals surface area contributed by atoms with Gasteiger partial charge in [0.2, 0.25) is 0 Å². The number of aromatic nitrogens is 1. The van der Waals surface area contributed by atoms with Gasteiger partial charge < -0.3 is 0 Å². The van der Waals surface area contributed by atoms with Crippen molar-refractivity contribution in [3.05, 3.63) is 30.1 Å². The smallest absolute Gasteiger partial charge is 0.0403 e. The van der Waals surface area contributed by atoms with E-state index in [1.807, 2.05) is 18.3 Å². The molecule has 0 fully saturated rings. The summed E-state index contributed by atoms with van der Waals surface area (Å²) in [7, 11) is 2.75. The molecule has 1 unspecified atom stereocenters. The molecule has 1 atom stereocenters. The minimum Gasteiger partial charge on any atom is -0.261 e. The Morgan fingerprint density at radius 2 is 2.18 bits per heavy atom.